The molecule has 4 atom stereocenters. The first-order valence-electron chi connectivity index (χ1n) is 14.9. The molecule has 0 unspecified atom stereocenters. The molecule has 0 saturated carbocycles. The Kier molecular flexibility index (Phi) is 7.62. The van der Waals surface area contributed by atoms with Crippen molar-refractivity contribution < 1.29 is 23.9 Å². The van der Waals surface area contributed by atoms with Gasteiger partial charge < -0.3 is 19.9 Å². The predicted molar refractivity (Wildman–Crippen MR) is 164 cm³/mol. The van der Waals surface area contributed by atoms with Crippen LogP contribution in [0.4, 0.5) is 10.5 Å². The Hall–Kier alpha value is -3.99. The molecule has 1 aromatic heterocycles. The maximum Gasteiger partial charge on any atom is 0.322 e. The van der Waals surface area contributed by atoms with Crippen molar-refractivity contribution in [2.45, 2.75) is 71.0 Å². The molecule has 3 aliphatic rings. The number of hydrogen-bond donors (Lipinski definition) is 1. The van der Waals surface area contributed by atoms with Crippen LogP contribution in [0.5, 0.6) is 5.75 Å². The van der Waals surface area contributed by atoms with E-state index >= 15 is 0 Å². The van der Waals surface area contributed by atoms with Crippen molar-refractivity contribution >= 4 is 51.0 Å². The zero-order chi connectivity index (χ0) is 30.6. The van der Waals surface area contributed by atoms with Crippen LogP contribution in [0, 0.1) is 12.8 Å². The van der Waals surface area contributed by atoms with Crippen LogP contribution >= 0.6 is 11.3 Å². The number of fused-ring (bicyclic) bond motifs is 2. The highest BCUT2D eigenvalue weighted by Gasteiger charge is 2.56. The van der Waals surface area contributed by atoms with Gasteiger partial charge >= 0.3 is 6.03 Å². The van der Waals surface area contributed by atoms with Crippen LogP contribution < -0.4 is 10.1 Å². The largest absolute Gasteiger partial charge is 0.494 e. The van der Waals surface area contributed by atoms with Crippen LogP contribution in [0.3, 0.4) is 0 Å². The Morgan fingerprint density at radius 2 is 1.79 bits per heavy atom. The van der Waals surface area contributed by atoms with E-state index in [-0.39, 0.29) is 22.9 Å². The number of methoxy groups -OCH3 is 1. The lowest BCUT2D eigenvalue weighted by Crippen LogP contribution is -2.52. The second kappa shape index (κ2) is 11.3. The molecule has 3 aromatic rings. The summed E-state index contributed by atoms with van der Waals surface area (Å²) >= 11 is 1.25. The number of anilines is 1. The zero-order valence-electron chi connectivity index (χ0n) is 25.1. The van der Waals surface area contributed by atoms with Gasteiger partial charge in [-0.05, 0) is 61.4 Å². The topological polar surface area (TPSA) is 112 Å². The van der Waals surface area contributed by atoms with E-state index in [4.69, 9.17) is 4.74 Å². The van der Waals surface area contributed by atoms with Crippen molar-refractivity contribution in [3.05, 3.63) is 52.5 Å². The molecule has 2 aromatic carbocycles. The number of aryl methyl sites for hydroxylation is 1. The molecular formula is C32H37N5O5S. The lowest BCUT2D eigenvalue weighted by atomic mass is 10.0. The molecule has 11 heteroatoms. The molecule has 1 N–H and O–H groups in total. The summed E-state index contributed by atoms with van der Waals surface area (Å²) in [5.74, 6) is -0.485. The predicted octanol–water partition coefficient (Wildman–Crippen LogP) is 5.02. The number of amides is 5. The minimum atomic E-state index is -0.611. The highest BCUT2D eigenvalue weighted by molar-refractivity contribution is 7.20. The number of hydrogen-bond acceptors (Lipinski definition) is 7. The highest BCUT2D eigenvalue weighted by atomic mass is 32.1. The number of aromatic nitrogens is 1. The highest BCUT2D eigenvalue weighted by Crippen LogP contribution is 2.40. The quantitative estimate of drug-likeness (QED) is 0.410. The van der Waals surface area contributed by atoms with E-state index < -0.39 is 30.0 Å². The van der Waals surface area contributed by atoms with Gasteiger partial charge in [0.15, 0.2) is 5.01 Å². The summed E-state index contributed by atoms with van der Waals surface area (Å²) in [6, 6.07) is 9.70. The van der Waals surface area contributed by atoms with Gasteiger partial charge in [-0.3, -0.25) is 19.3 Å². The lowest BCUT2D eigenvalue weighted by Gasteiger charge is -2.32. The molecule has 3 saturated heterocycles. The Labute approximate surface area is 255 Å². The summed E-state index contributed by atoms with van der Waals surface area (Å²) in [7, 11) is 1.56. The van der Waals surface area contributed by atoms with Crippen LogP contribution in [0.2, 0.25) is 0 Å². The third-order valence-corrected chi connectivity index (χ3v) is 10.3. The van der Waals surface area contributed by atoms with Gasteiger partial charge in [0.25, 0.3) is 5.91 Å². The van der Waals surface area contributed by atoms with E-state index in [1.165, 1.54) is 21.8 Å². The fraction of sp³-hybridized carbons (Fsp3) is 0.469. The van der Waals surface area contributed by atoms with Crippen molar-refractivity contribution in [2.75, 3.05) is 25.5 Å². The number of carbonyl (C=O) groups is 4. The number of urea groups is 1. The Morgan fingerprint density at radius 1 is 1.05 bits per heavy atom. The molecule has 43 heavy (non-hydrogen) atoms. The monoisotopic (exact) mass is 603 g/mol. The van der Waals surface area contributed by atoms with Crippen molar-refractivity contribution in [3.63, 3.8) is 0 Å². The van der Waals surface area contributed by atoms with Crippen LogP contribution in [0.15, 0.2) is 36.4 Å². The number of nitrogens with one attached hydrogen (secondary N) is 1. The molecule has 0 bridgehead atoms. The molecule has 4 heterocycles. The van der Waals surface area contributed by atoms with Crippen LogP contribution in [-0.4, -0.2) is 81.8 Å². The summed E-state index contributed by atoms with van der Waals surface area (Å²) in [5, 5.41) is 3.18. The average Bonchev–Trinajstić information content (AvgIpc) is 3.78. The molecule has 5 amide bonds. The van der Waals surface area contributed by atoms with Crippen LogP contribution in [0.25, 0.3) is 10.2 Å². The maximum absolute atomic E-state index is 14.0. The molecule has 226 valence electrons. The number of imide groups is 1. The van der Waals surface area contributed by atoms with E-state index in [2.05, 4.69) is 24.1 Å². The van der Waals surface area contributed by atoms with Gasteiger partial charge in [0.05, 0.1) is 29.8 Å². The smallest absolute Gasteiger partial charge is 0.322 e. The molecule has 0 spiro atoms. The molecule has 10 nitrogen and oxygen atoms in total. The fourth-order valence-corrected chi connectivity index (χ4v) is 7.78. The summed E-state index contributed by atoms with van der Waals surface area (Å²) in [6.45, 7) is 8.86. The van der Waals surface area contributed by atoms with Gasteiger partial charge in [-0.2, -0.15) is 0 Å². The molecule has 0 radical (unpaired) electrons. The van der Waals surface area contributed by atoms with Crippen molar-refractivity contribution in [2.24, 2.45) is 5.92 Å². The molecule has 3 fully saturated rings. The maximum atomic E-state index is 14.0. The number of ether oxygens (including phenoxy) is 1. The van der Waals surface area contributed by atoms with Gasteiger partial charge in [0.1, 0.15) is 17.3 Å². The lowest BCUT2D eigenvalue weighted by molar-refractivity contribution is -0.137. The zero-order valence-corrected chi connectivity index (χ0v) is 25.9. The average molecular weight is 604 g/mol. The SMILES string of the molecule is COc1ccc(C)c2sc(C(=O)N3C(=O)[C@@H](C)[C@@H]4[C@@H]3CCN4C(=O)[C@@H]3CCCN3C(=O)Nc3ccc(C(C)C)cc3)nc12. The fourth-order valence-electron chi connectivity index (χ4n) is 6.79. The molecule has 0 aliphatic carbocycles. The summed E-state index contributed by atoms with van der Waals surface area (Å²) in [5.41, 5.74) is 3.44. The molecule has 3 aliphatic heterocycles. The number of thiazole rings is 1. The van der Waals surface area contributed by atoms with Gasteiger partial charge in [-0.1, -0.05) is 39.0 Å². The summed E-state index contributed by atoms with van der Waals surface area (Å²) in [4.78, 5) is 63.8. The minimum Gasteiger partial charge on any atom is -0.494 e. The van der Waals surface area contributed by atoms with Crippen molar-refractivity contribution in [3.8, 4) is 5.75 Å². The number of likely N-dealkylation sites (tertiary alicyclic amines) is 3. The molecule has 6 rings (SSSR count). The second-order valence-electron chi connectivity index (χ2n) is 12.0. The van der Waals surface area contributed by atoms with Gasteiger partial charge in [-0.25, -0.2) is 9.78 Å². The van der Waals surface area contributed by atoms with Crippen molar-refractivity contribution in [1.29, 1.82) is 0 Å². The van der Waals surface area contributed by atoms with Crippen LogP contribution in [-0.2, 0) is 9.59 Å². The summed E-state index contributed by atoms with van der Waals surface area (Å²) < 4.78 is 6.29. The first-order valence-corrected chi connectivity index (χ1v) is 15.7. The standard InChI is InChI=1S/C32H37N5O5S/c1-17(2)20-9-11-21(12-10-20)33-32(41)35-15-6-7-23(35)30(39)36-16-14-22-26(36)19(4)29(38)37(22)31(40)28-34-25-24(42-5)13-8-18(3)27(25)43-28/h8-13,17,19,22-23,26H,6-7,14-16H2,1-5H3,(H,33,41)/t19-,22-,23-,26+/m0/s1. The van der Waals surface area contributed by atoms with Crippen molar-refractivity contribution in [1.82, 2.24) is 19.7 Å². The van der Waals surface area contributed by atoms with E-state index in [0.29, 0.717) is 48.8 Å². The van der Waals surface area contributed by atoms with E-state index in [1.807, 2.05) is 43.3 Å². The van der Waals surface area contributed by atoms with E-state index in [0.717, 1.165) is 16.7 Å². The van der Waals surface area contributed by atoms with Gasteiger partial charge in [-0.15, -0.1) is 11.3 Å². The number of nitrogens with zero attached hydrogens (tertiary/aromatic N) is 4. The van der Waals surface area contributed by atoms with Gasteiger partial charge in [0.2, 0.25) is 11.8 Å². The van der Waals surface area contributed by atoms with Crippen LogP contribution in [0.1, 0.15) is 66.9 Å². The number of benzene rings is 2. The third kappa shape index (κ3) is 4.93. The minimum absolute atomic E-state index is 0.162. The number of carbonyl (C=O) groups excluding carboxylic acids is 4. The normalized spacial score (nSPS) is 23.4. The molecular weight excluding hydrogens is 566 g/mol. The second-order valence-corrected chi connectivity index (χ2v) is 13.0. The van der Waals surface area contributed by atoms with E-state index in [9.17, 15) is 19.2 Å². The Bertz CT molecular complexity index is 1600. The van der Waals surface area contributed by atoms with E-state index in [1.54, 1.807) is 23.8 Å². The Balaban J connectivity index is 1.19. The summed E-state index contributed by atoms with van der Waals surface area (Å²) in [6.07, 6.45) is 1.77. The first kappa shape index (κ1) is 29.1. The first-order chi connectivity index (χ1) is 20.6. The number of rotatable bonds is 5. The Morgan fingerprint density at radius 3 is 2.49 bits per heavy atom. The van der Waals surface area contributed by atoms with Gasteiger partial charge in [0, 0.05) is 18.8 Å². The third-order valence-electron chi connectivity index (χ3n) is 9.13.